The van der Waals surface area contributed by atoms with Gasteiger partial charge >= 0.3 is 5.97 Å². The standard InChI is InChI=1S/C15H21NO2/c1-10-6-11(2)8-12(7-10)9-13-4-3-5-14(16-13)15(17)18/h6-8,13-14,16H,3-5,9H2,1-2H3,(H,17,18). The highest BCUT2D eigenvalue weighted by atomic mass is 16.4. The molecule has 2 atom stereocenters. The molecular weight excluding hydrogens is 226 g/mol. The number of nitrogens with one attached hydrogen (secondary N) is 1. The van der Waals surface area contributed by atoms with Crippen LogP contribution in [0.1, 0.15) is 36.0 Å². The van der Waals surface area contributed by atoms with Gasteiger partial charge in [-0.15, -0.1) is 0 Å². The van der Waals surface area contributed by atoms with E-state index in [1.165, 1.54) is 16.7 Å². The van der Waals surface area contributed by atoms with E-state index in [4.69, 9.17) is 5.11 Å². The Bertz CT molecular complexity index is 422. The van der Waals surface area contributed by atoms with E-state index in [0.717, 1.165) is 25.7 Å². The first-order valence-corrected chi connectivity index (χ1v) is 6.60. The molecule has 98 valence electrons. The first kappa shape index (κ1) is 13.1. The maximum atomic E-state index is 11.0. The zero-order valence-electron chi connectivity index (χ0n) is 11.1. The molecule has 1 saturated heterocycles. The molecule has 0 spiro atoms. The Morgan fingerprint density at radius 3 is 2.56 bits per heavy atom. The molecule has 2 rings (SSSR count). The number of benzene rings is 1. The zero-order chi connectivity index (χ0) is 13.1. The van der Waals surface area contributed by atoms with Crippen molar-refractivity contribution in [3.8, 4) is 0 Å². The molecule has 0 bridgehead atoms. The fourth-order valence-electron chi connectivity index (χ4n) is 2.85. The van der Waals surface area contributed by atoms with E-state index < -0.39 is 5.97 Å². The van der Waals surface area contributed by atoms with Crippen LogP contribution < -0.4 is 5.32 Å². The minimum atomic E-state index is -0.722. The molecule has 1 aromatic carbocycles. The molecule has 2 N–H and O–H groups in total. The van der Waals surface area contributed by atoms with Crippen molar-refractivity contribution in [2.45, 2.75) is 51.6 Å². The summed E-state index contributed by atoms with van der Waals surface area (Å²) in [6.07, 6.45) is 3.74. The molecule has 18 heavy (non-hydrogen) atoms. The molecule has 0 saturated carbocycles. The molecule has 0 amide bonds. The molecule has 1 heterocycles. The van der Waals surface area contributed by atoms with E-state index >= 15 is 0 Å². The van der Waals surface area contributed by atoms with Crippen molar-refractivity contribution in [2.75, 3.05) is 0 Å². The van der Waals surface area contributed by atoms with Crippen molar-refractivity contribution >= 4 is 5.97 Å². The highest BCUT2D eigenvalue weighted by Gasteiger charge is 2.25. The lowest BCUT2D eigenvalue weighted by atomic mass is 9.93. The lowest BCUT2D eigenvalue weighted by molar-refractivity contribution is -0.140. The lowest BCUT2D eigenvalue weighted by Crippen LogP contribution is -2.47. The number of carboxylic acid groups (broad SMARTS) is 1. The minimum absolute atomic E-state index is 0.293. The zero-order valence-corrected chi connectivity index (χ0v) is 11.1. The van der Waals surface area contributed by atoms with Crippen LogP contribution in [0, 0.1) is 13.8 Å². The summed E-state index contributed by atoms with van der Waals surface area (Å²) in [5.74, 6) is -0.722. The summed E-state index contributed by atoms with van der Waals surface area (Å²) in [6, 6.07) is 6.48. The highest BCUT2D eigenvalue weighted by Crippen LogP contribution is 2.18. The molecular formula is C15H21NO2. The molecule has 1 fully saturated rings. The third-order valence-electron chi connectivity index (χ3n) is 3.54. The number of rotatable bonds is 3. The van der Waals surface area contributed by atoms with Gasteiger partial charge in [-0.05, 0) is 45.1 Å². The maximum Gasteiger partial charge on any atom is 0.320 e. The fraction of sp³-hybridized carbons (Fsp3) is 0.533. The van der Waals surface area contributed by atoms with Gasteiger partial charge in [0.2, 0.25) is 0 Å². The predicted octanol–water partition coefficient (Wildman–Crippen LogP) is 2.44. The van der Waals surface area contributed by atoms with Gasteiger partial charge in [-0.3, -0.25) is 4.79 Å². The van der Waals surface area contributed by atoms with Gasteiger partial charge in [-0.1, -0.05) is 29.3 Å². The quantitative estimate of drug-likeness (QED) is 0.862. The summed E-state index contributed by atoms with van der Waals surface area (Å²) in [7, 11) is 0. The summed E-state index contributed by atoms with van der Waals surface area (Å²) in [4.78, 5) is 11.0. The Balaban J connectivity index is 2.02. The van der Waals surface area contributed by atoms with E-state index in [1.807, 2.05) is 0 Å². The molecule has 0 aliphatic carbocycles. The number of aliphatic carboxylic acids is 1. The average Bonchev–Trinajstić information content (AvgIpc) is 2.27. The number of carbonyl (C=O) groups is 1. The molecule has 1 aromatic rings. The summed E-state index contributed by atoms with van der Waals surface area (Å²) < 4.78 is 0. The summed E-state index contributed by atoms with van der Waals surface area (Å²) in [5, 5.41) is 12.3. The maximum absolute atomic E-state index is 11.0. The van der Waals surface area contributed by atoms with E-state index in [1.54, 1.807) is 0 Å². The second kappa shape index (κ2) is 5.53. The number of hydrogen-bond acceptors (Lipinski definition) is 2. The van der Waals surface area contributed by atoms with Gasteiger partial charge in [-0.2, -0.15) is 0 Å². The molecule has 0 aromatic heterocycles. The van der Waals surface area contributed by atoms with Gasteiger partial charge < -0.3 is 10.4 Å². The smallest absolute Gasteiger partial charge is 0.320 e. The Kier molecular flexibility index (Phi) is 4.02. The van der Waals surface area contributed by atoms with E-state index in [-0.39, 0.29) is 6.04 Å². The molecule has 0 radical (unpaired) electrons. The summed E-state index contributed by atoms with van der Waals surface area (Å²) in [6.45, 7) is 4.20. The molecule has 1 aliphatic rings. The van der Waals surface area contributed by atoms with Crippen LogP contribution in [0.3, 0.4) is 0 Å². The Hall–Kier alpha value is -1.35. The van der Waals surface area contributed by atoms with Crippen molar-refractivity contribution in [2.24, 2.45) is 0 Å². The van der Waals surface area contributed by atoms with Crippen molar-refractivity contribution in [3.63, 3.8) is 0 Å². The third kappa shape index (κ3) is 3.33. The third-order valence-corrected chi connectivity index (χ3v) is 3.54. The predicted molar refractivity (Wildman–Crippen MR) is 71.8 cm³/mol. The second-order valence-corrected chi connectivity index (χ2v) is 5.39. The number of carboxylic acids is 1. The molecule has 3 heteroatoms. The van der Waals surface area contributed by atoms with Crippen LogP contribution in [-0.4, -0.2) is 23.2 Å². The first-order valence-electron chi connectivity index (χ1n) is 6.60. The number of piperidine rings is 1. The van der Waals surface area contributed by atoms with Gasteiger partial charge in [-0.25, -0.2) is 0 Å². The highest BCUT2D eigenvalue weighted by molar-refractivity contribution is 5.73. The summed E-state index contributed by atoms with van der Waals surface area (Å²) in [5.41, 5.74) is 3.85. The monoisotopic (exact) mass is 247 g/mol. The van der Waals surface area contributed by atoms with Crippen LogP contribution in [0.25, 0.3) is 0 Å². The van der Waals surface area contributed by atoms with Crippen LogP contribution >= 0.6 is 0 Å². The lowest BCUT2D eigenvalue weighted by Gasteiger charge is -2.28. The first-order chi connectivity index (χ1) is 8.54. The Morgan fingerprint density at radius 1 is 1.28 bits per heavy atom. The van der Waals surface area contributed by atoms with E-state index in [2.05, 4.69) is 37.4 Å². The summed E-state index contributed by atoms with van der Waals surface area (Å²) >= 11 is 0. The van der Waals surface area contributed by atoms with E-state index in [0.29, 0.717) is 6.04 Å². The Labute approximate surface area is 108 Å². The molecule has 1 aliphatic heterocycles. The number of hydrogen-bond donors (Lipinski definition) is 2. The normalized spacial score (nSPS) is 23.9. The van der Waals surface area contributed by atoms with Crippen LogP contribution in [0.2, 0.25) is 0 Å². The van der Waals surface area contributed by atoms with Crippen molar-refractivity contribution in [3.05, 3.63) is 34.9 Å². The van der Waals surface area contributed by atoms with Gasteiger partial charge in [0.15, 0.2) is 0 Å². The largest absolute Gasteiger partial charge is 0.480 e. The number of aryl methyl sites for hydroxylation is 2. The minimum Gasteiger partial charge on any atom is -0.480 e. The van der Waals surface area contributed by atoms with Gasteiger partial charge in [0.1, 0.15) is 6.04 Å². The van der Waals surface area contributed by atoms with Gasteiger partial charge in [0.05, 0.1) is 0 Å². The second-order valence-electron chi connectivity index (χ2n) is 5.39. The van der Waals surface area contributed by atoms with Crippen molar-refractivity contribution in [1.29, 1.82) is 0 Å². The average molecular weight is 247 g/mol. The van der Waals surface area contributed by atoms with Gasteiger partial charge in [0, 0.05) is 6.04 Å². The van der Waals surface area contributed by atoms with Crippen molar-refractivity contribution in [1.82, 2.24) is 5.32 Å². The van der Waals surface area contributed by atoms with Crippen LogP contribution in [0.15, 0.2) is 18.2 Å². The molecule has 2 unspecified atom stereocenters. The van der Waals surface area contributed by atoms with Crippen LogP contribution in [0.5, 0.6) is 0 Å². The van der Waals surface area contributed by atoms with Crippen LogP contribution in [-0.2, 0) is 11.2 Å². The topological polar surface area (TPSA) is 49.3 Å². The SMILES string of the molecule is Cc1cc(C)cc(CC2CCCC(C(=O)O)N2)c1. The Morgan fingerprint density at radius 2 is 1.94 bits per heavy atom. The van der Waals surface area contributed by atoms with Crippen molar-refractivity contribution < 1.29 is 9.90 Å². The van der Waals surface area contributed by atoms with E-state index in [9.17, 15) is 4.79 Å². The van der Waals surface area contributed by atoms with Crippen LogP contribution in [0.4, 0.5) is 0 Å². The fourth-order valence-corrected chi connectivity index (χ4v) is 2.85. The molecule has 3 nitrogen and oxygen atoms in total. The van der Waals surface area contributed by atoms with Gasteiger partial charge in [0.25, 0.3) is 0 Å².